The highest BCUT2D eigenvalue weighted by Gasteiger charge is 1.35. The average molecular weight is 224 g/mol. The summed E-state index contributed by atoms with van der Waals surface area (Å²) in [5.41, 5.74) is 0. The molecule has 0 unspecified atom stereocenters. The molecule has 0 aromatic rings. The Morgan fingerprint density at radius 2 is 0.312 bits per heavy atom. The van der Waals surface area contributed by atoms with Crippen LogP contribution < -0.4 is 0 Å². The Balaban J connectivity index is -0.0000000600. The van der Waals surface area contributed by atoms with Gasteiger partial charge >= 0.3 is 0 Å². The van der Waals surface area contributed by atoms with E-state index < -0.39 is 0 Å². The highest BCUT2D eigenvalue weighted by atomic mass is 13.4. The lowest BCUT2D eigenvalue weighted by molar-refractivity contribution is 1.64. The van der Waals surface area contributed by atoms with Gasteiger partial charge in [-0.05, 0) is 55.4 Å². The molecule has 0 rings (SSSR count). The van der Waals surface area contributed by atoms with Gasteiger partial charge in [0.1, 0.15) is 0 Å². The Bertz CT molecular complexity index is 101. The van der Waals surface area contributed by atoms with Crippen molar-refractivity contribution in [2.75, 3.05) is 0 Å². The molecule has 0 amide bonds. The molecule has 0 aliphatic rings. The predicted octanol–water partition coefficient (Wildman–Crippen LogP) is 6.33. The zero-order valence-electron chi connectivity index (χ0n) is 12.6. The summed E-state index contributed by atoms with van der Waals surface area (Å²) in [5, 5.41) is 0. The standard InChI is InChI=1S/4C4H8/c4*1-3-4-2/h4*3-4H,1-2H3. The first kappa shape index (κ1) is 24.3. The summed E-state index contributed by atoms with van der Waals surface area (Å²) in [6, 6.07) is 0. The molecule has 16 heavy (non-hydrogen) atoms. The van der Waals surface area contributed by atoms with Gasteiger partial charge in [-0.2, -0.15) is 0 Å². The van der Waals surface area contributed by atoms with Crippen LogP contribution >= 0.6 is 0 Å². The lowest BCUT2D eigenvalue weighted by Crippen LogP contribution is -1.26. The first-order valence-electron chi connectivity index (χ1n) is 5.95. The zero-order valence-corrected chi connectivity index (χ0v) is 12.6. The number of rotatable bonds is 0. The monoisotopic (exact) mass is 224 g/mol. The molecule has 0 bridgehead atoms. The van der Waals surface area contributed by atoms with Gasteiger partial charge in [0.25, 0.3) is 0 Å². The average Bonchev–Trinajstić information content (AvgIpc) is 2.39. The topological polar surface area (TPSA) is 0 Å². The maximum Gasteiger partial charge on any atom is -0.0470 e. The molecule has 0 saturated heterocycles. The minimum absolute atomic E-state index is 2.00. The molecule has 96 valence electrons. The van der Waals surface area contributed by atoms with Crippen LogP contribution in [-0.2, 0) is 0 Å². The predicted molar refractivity (Wildman–Crippen MR) is 82.0 cm³/mol. The Kier molecular flexibility index (Phi) is 73.4. The largest absolute Gasteiger partial charge is 0.0919 e. The van der Waals surface area contributed by atoms with Gasteiger partial charge in [-0.15, -0.1) is 0 Å². The summed E-state index contributed by atoms with van der Waals surface area (Å²) >= 11 is 0. The van der Waals surface area contributed by atoms with Gasteiger partial charge < -0.3 is 0 Å². The van der Waals surface area contributed by atoms with E-state index in [9.17, 15) is 0 Å². The summed E-state index contributed by atoms with van der Waals surface area (Å²) in [7, 11) is 0. The van der Waals surface area contributed by atoms with Crippen molar-refractivity contribution in [1.82, 2.24) is 0 Å². The minimum Gasteiger partial charge on any atom is -0.0919 e. The van der Waals surface area contributed by atoms with Gasteiger partial charge in [-0.25, -0.2) is 0 Å². The van der Waals surface area contributed by atoms with Gasteiger partial charge in [0.05, 0.1) is 0 Å². The number of allylic oxidation sites excluding steroid dienone is 8. The van der Waals surface area contributed by atoms with Crippen molar-refractivity contribution in [2.45, 2.75) is 55.4 Å². The number of hydrogen-bond donors (Lipinski definition) is 0. The van der Waals surface area contributed by atoms with Crippen LogP contribution in [0.1, 0.15) is 55.4 Å². The number of hydrogen-bond acceptors (Lipinski definition) is 0. The van der Waals surface area contributed by atoms with Crippen molar-refractivity contribution < 1.29 is 0 Å². The SMILES string of the molecule is CC=CC.CC=CC.CC=CC.CC=CC. The molecular formula is C16H32. The summed E-state index contributed by atoms with van der Waals surface area (Å²) in [6.45, 7) is 16.0. The van der Waals surface area contributed by atoms with E-state index >= 15 is 0 Å². The van der Waals surface area contributed by atoms with Crippen LogP contribution in [0.2, 0.25) is 0 Å². The Labute approximate surface area is 104 Å². The van der Waals surface area contributed by atoms with Crippen LogP contribution in [0.5, 0.6) is 0 Å². The Morgan fingerprint density at radius 1 is 0.250 bits per heavy atom. The third-order valence-electron chi connectivity index (χ3n) is 1.33. The fourth-order valence-electron chi connectivity index (χ4n) is 0. The maximum atomic E-state index is 2.00. The molecule has 0 saturated carbocycles. The molecule has 0 spiro atoms. The van der Waals surface area contributed by atoms with Gasteiger partial charge in [0.2, 0.25) is 0 Å². The molecule has 0 aromatic carbocycles. The van der Waals surface area contributed by atoms with E-state index in [1.165, 1.54) is 0 Å². The first-order valence-corrected chi connectivity index (χ1v) is 5.95. The molecule has 0 N–H and O–H groups in total. The van der Waals surface area contributed by atoms with Gasteiger partial charge in [-0.1, -0.05) is 48.6 Å². The van der Waals surface area contributed by atoms with Crippen LogP contribution in [-0.4, -0.2) is 0 Å². The fraction of sp³-hybridized carbons (Fsp3) is 0.500. The fourth-order valence-corrected chi connectivity index (χ4v) is 0. The van der Waals surface area contributed by atoms with E-state index in [1.54, 1.807) is 0 Å². The van der Waals surface area contributed by atoms with Crippen molar-refractivity contribution in [3.8, 4) is 0 Å². The second-order valence-electron chi connectivity index (χ2n) is 2.67. The van der Waals surface area contributed by atoms with Crippen LogP contribution in [0.3, 0.4) is 0 Å². The maximum absolute atomic E-state index is 2.00. The van der Waals surface area contributed by atoms with Crippen LogP contribution in [0.15, 0.2) is 48.6 Å². The lowest BCUT2D eigenvalue weighted by atomic mass is 10.6. The molecule has 0 heteroatoms. The zero-order chi connectivity index (χ0) is 13.7. The molecule has 0 heterocycles. The lowest BCUT2D eigenvalue weighted by Gasteiger charge is -1.49. The quantitative estimate of drug-likeness (QED) is 0.422. The first-order chi connectivity index (χ1) is 7.66. The summed E-state index contributed by atoms with van der Waals surface area (Å²) in [5.74, 6) is 0. The third kappa shape index (κ3) is 212. The van der Waals surface area contributed by atoms with Gasteiger partial charge in [0.15, 0.2) is 0 Å². The molecular weight excluding hydrogens is 192 g/mol. The highest BCUT2D eigenvalue weighted by molar-refractivity contribution is 4.69. The molecule has 0 fully saturated rings. The van der Waals surface area contributed by atoms with Crippen LogP contribution in [0.4, 0.5) is 0 Å². The van der Waals surface area contributed by atoms with E-state index in [0.717, 1.165) is 0 Å². The second kappa shape index (κ2) is 48.4. The van der Waals surface area contributed by atoms with Gasteiger partial charge in [0, 0.05) is 0 Å². The minimum atomic E-state index is 2.00. The molecule has 0 aliphatic carbocycles. The van der Waals surface area contributed by atoms with E-state index in [4.69, 9.17) is 0 Å². The highest BCUT2D eigenvalue weighted by Crippen LogP contribution is 1.58. The molecule has 0 aromatic heterocycles. The van der Waals surface area contributed by atoms with E-state index in [1.807, 2.05) is 104 Å². The second-order valence-corrected chi connectivity index (χ2v) is 2.67. The van der Waals surface area contributed by atoms with Crippen molar-refractivity contribution in [3.05, 3.63) is 48.6 Å². The van der Waals surface area contributed by atoms with Gasteiger partial charge in [-0.3, -0.25) is 0 Å². The van der Waals surface area contributed by atoms with E-state index in [0.29, 0.717) is 0 Å². The Morgan fingerprint density at radius 3 is 0.312 bits per heavy atom. The molecule has 0 radical (unpaired) electrons. The van der Waals surface area contributed by atoms with Crippen molar-refractivity contribution in [1.29, 1.82) is 0 Å². The molecule has 0 nitrogen and oxygen atoms in total. The van der Waals surface area contributed by atoms with Crippen LogP contribution in [0.25, 0.3) is 0 Å². The summed E-state index contributed by atoms with van der Waals surface area (Å²) < 4.78 is 0. The van der Waals surface area contributed by atoms with E-state index in [-0.39, 0.29) is 0 Å². The normalized spacial score (nSPS) is 9.50. The van der Waals surface area contributed by atoms with Crippen molar-refractivity contribution >= 4 is 0 Å². The van der Waals surface area contributed by atoms with E-state index in [2.05, 4.69) is 0 Å². The molecule has 0 aliphatic heterocycles. The summed E-state index contributed by atoms with van der Waals surface area (Å²) in [4.78, 5) is 0. The van der Waals surface area contributed by atoms with Crippen molar-refractivity contribution in [3.63, 3.8) is 0 Å². The molecule has 0 atom stereocenters. The Hall–Kier alpha value is -1.04. The summed E-state index contributed by atoms with van der Waals surface area (Å²) in [6.07, 6.45) is 16.0. The smallest absolute Gasteiger partial charge is 0.0470 e. The third-order valence-corrected chi connectivity index (χ3v) is 1.33. The van der Waals surface area contributed by atoms with Crippen LogP contribution in [0, 0.1) is 0 Å². The van der Waals surface area contributed by atoms with Crippen molar-refractivity contribution in [2.24, 2.45) is 0 Å².